The van der Waals surface area contributed by atoms with E-state index in [9.17, 15) is 4.79 Å². The van der Waals surface area contributed by atoms with E-state index in [1.807, 2.05) is 69.3 Å². The third-order valence-electron chi connectivity index (χ3n) is 3.47. The van der Waals surface area contributed by atoms with E-state index in [2.05, 4.69) is 0 Å². The van der Waals surface area contributed by atoms with Gasteiger partial charge in [0.2, 0.25) is 0 Å². The van der Waals surface area contributed by atoms with Crippen LogP contribution in [0.1, 0.15) is 29.8 Å². The molecule has 0 saturated heterocycles. The summed E-state index contributed by atoms with van der Waals surface area (Å²) in [4.78, 5) is 14.0. The molecule has 0 bridgehead atoms. The number of carbonyl (C=O) groups excluding carboxylic acids is 1. The second kappa shape index (κ2) is 6.93. The van der Waals surface area contributed by atoms with E-state index < -0.39 is 0 Å². The number of carbonyl (C=O) groups is 1. The van der Waals surface area contributed by atoms with Gasteiger partial charge in [-0.3, -0.25) is 4.79 Å². The number of amides is 1. The minimum absolute atomic E-state index is 0.0578. The maximum Gasteiger partial charge on any atom is 0.253 e. The van der Waals surface area contributed by atoms with E-state index in [0.29, 0.717) is 5.56 Å². The zero-order chi connectivity index (χ0) is 15.2. The largest absolute Gasteiger partial charge is 0.457 e. The van der Waals surface area contributed by atoms with Gasteiger partial charge in [0.15, 0.2) is 0 Å². The quantitative estimate of drug-likeness (QED) is 0.820. The van der Waals surface area contributed by atoms with Crippen molar-refractivity contribution in [1.82, 2.24) is 4.90 Å². The molecule has 0 aliphatic heterocycles. The molecule has 1 amide bonds. The fourth-order valence-electron chi connectivity index (χ4n) is 2.16. The fourth-order valence-corrected chi connectivity index (χ4v) is 2.16. The standard InChI is InChI=1S/C18H21NO2/c1-4-19(5-2)18(20)15-10-12-16(13-11-15)21-17-9-7-6-8-14(17)3/h6-13H,4-5H2,1-3H3. The van der Waals surface area contributed by atoms with E-state index in [1.54, 1.807) is 4.90 Å². The molecule has 0 aliphatic carbocycles. The van der Waals surface area contributed by atoms with Crippen LogP contribution < -0.4 is 4.74 Å². The third kappa shape index (κ3) is 3.63. The van der Waals surface area contributed by atoms with Crippen molar-refractivity contribution in [2.75, 3.05) is 13.1 Å². The highest BCUT2D eigenvalue weighted by Crippen LogP contribution is 2.24. The van der Waals surface area contributed by atoms with E-state index in [-0.39, 0.29) is 5.91 Å². The summed E-state index contributed by atoms with van der Waals surface area (Å²) >= 11 is 0. The molecule has 0 aromatic heterocycles. The summed E-state index contributed by atoms with van der Waals surface area (Å²) in [6.45, 7) is 7.41. The zero-order valence-corrected chi connectivity index (χ0v) is 12.8. The number of ether oxygens (including phenoxy) is 1. The second-order valence-corrected chi connectivity index (χ2v) is 4.87. The van der Waals surface area contributed by atoms with Crippen LogP contribution in [0.2, 0.25) is 0 Å². The Morgan fingerprint density at radius 1 is 1.00 bits per heavy atom. The topological polar surface area (TPSA) is 29.5 Å². The molecule has 2 aromatic carbocycles. The lowest BCUT2D eigenvalue weighted by atomic mass is 10.2. The summed E-state index contributed by atoms with van der Waals surface area (Å²) in [5, 5.41) is 0. The molecule has 3 heteroatoms. The number of benzene rings is 2. The number of para-hydroxylation sites is 1. The van der Waals surface area contributed by atoms with Crippen molar-refractivity contribution in [2.45, 2.75) is 20.8 Å². The molecule has 0 heterocycles. The first-order valence-electron chi connectivity index (χ1n) is 7.28. The molecule has 0 radical (unpaired) electrons. The van der Waals surface area contributed by atoms with Crippen LogP contribution in [-0.4, -0.2) is 23.9 Å². The second-order valence-electron chi connectivity index (χ2n) is 4.87. The van der Waals surface area contributed by atoms with Crippen molar-refractivity contribution < 1.29 is 9.53 Å². The van der Waals surface area contributed by atoms with Crippen LogP contribution in [0.5, 0.6) is 11.5 Å². The lowest BCUT2D eigenvalue weighted by molar-refractivity contribution is 0.0773. The fraction of sp³-hybridized carbons (Fsp3) is 0.278. The Morgan fingerprint density at radius 2 is 1.62 bits per heavy atom. The summed E-state index contributed by atoms with van der Waals surface area (Å²) in [7, 11) is 0. The maximum atomic E-state index is 12.2. The zero-order valence-electron chi connectivity index (χ0n) is 12.8. The van der Waals surface area contributed by atoms with Gasteiger partial charge in [-0.15, -0.1) is 0 Å². The SMILES string of the molecule is CCN(CC)C(=O)c1ccc(Oc2ccccc2C)cc1. The first-order valence-corrected chi connectivity index (χ1v) is 7.28. The highest BCUT2D eigenvalue weighted by Gasteiger charge is 2.12. The molecule has 3 nitrogen and oxygen atoms in total. The molecule has 0 unspecified atom stereocenters. The molecule has 2 rings (SSSR count). The minimum atomic E-state index is 0.0578. The average Bonchev–Trinajstić information content (AvgIpc) is 2.51. The van der Waals surface area contributed by atoms with Gasteiger partial charge in [-0.05, 0) is 56.7 Å². The number of hydrogen-bond donors (Lipinski definition) is 0. The average molecular weight is 283 g/mol. The van der Waals surface area contributed by atoms with Gasteiger partial charge in [0, 0.05) is 18.7 Å². The molecule has 110 valence electrons. The van der Waals surface area contributed by atoms with Gasteiger partial charge in [0.1, 0.15) is 11.5 Å². The smallest absolute Gasteiger partial charge is 0.253 e. The van der Waals surface area contributed by atoms with E-state index >= 15 is 0 Å². The molecule has 0 spiro atoms. The van der Waals surface area contributed by atoms with Crippen molar-refractivity contribution in [3.63, 3.8) is 0 Å². The highest BCUT2D eigenvalue weighted by atomic mass is 16.5. The van der Waals surface area contributed by atoms with Gasteiger partial charge in [-0.25, -0.2) is 0 Å². The Hall–Kier alpha value is -2.29. The lowest BCUT2D eigenvalue weighted by Gasteiger charge is -2.18. The molecule has 21 heavy (non-hydrogen) atoms. The van der Waals surface area contributed by atoms with Gasteiger partial charge in [-0.2, -0.15) is 0 Å². The van der Waals surface area contributed by atoms with E-state index in [1.165, 1.54) is 0 Å². The van der Waals surface area contributed by atoms with Crippen LogP contribution >= 0.6 is 0 Å². The van der Waals surface area contributed by atoms with Gasteiger partial charge in [0.05, 0.1) is 0 Å². The molecular weight excluding hydrogens is 262 g/mol. The number of hydrogen-bond acceptors (Lipinski definition) is 2. The Balaban J connectivity index is 2.12. The molecule has 0 saturated carbocycles. The lowest BCUT2D eigenvalue weighted by Crippen LogP contribution is -2.30. The normalized spacial score (nSPS) is 10.2. The molecule has 2 aromatic rings. The van der Waals surface area contributed by atoms with Gasteiger partial charge in [0.25, 0.3) is 5.91 Å². The van der Waals surface area contributed by atoms with Crippen LogP contribution in [0.25, 0.3) is 0 Å². The van der Waals surface area contributed by atoms with Gasteiger partial charge in [-0.1, -0.05) is 18.2 Å². The van der Waals surface area contributed by atoms with Crippen LogP contribution in [0.15, 0.2) is 48.5 Å². The number of rotatable bonds is 5. The first kappa shape index (κ1) is 15.1. The Morgan fingerprint density at radius 3 is 2.19 bits per heavy atom. The molecular formula is C18H21NO2. The summed E-state index contributed by atoms with van der Waals surface area (Å²) in [6, 6.07) is 15.2. The molecule has 0 N–H and O–H groups in total. The van der Waals surface area contributed by atoms with Crippen LogP contribution in [0.4, 0.5) is 0 Å². The predicted molar refractivity (Wildman–Crippen MR) is 84.9 cm³/mol. The van der Waals surface area contributed by atoms with Crippen LogP contribution in [0.3, 0.4) is 0 Å². The third-order valence-corrected chi connectivity index (χ3v) is 3.47. The summed E-state index contributed by atoms with van der Waals surface area (Å²) < 4.78 is 5.83. The summed E-state index contributed by atoms with van der Waals surface area (Å²) in [5.41, 5.74) is 1.77. The van der Waals surface area contributed by atoms with Crippen molar-refractivity contribution >= 4 is 5.91 Å². The van der Waals surface area contributed by atoms with Crippen LogP contribution in [0, 0.1) is 6.92 Å². The Bertz CT molecular complexity index is 601. The molecule has 0 aliphatic rings. The van der Waals surface area contributed by atoms with Crippen LogP contribution in [-0.2, 0) is 0 Å². The van der Waals surface area contributed by atoms with Crippen molar-refractivity contribution in [1.29, 1.82) is 0 Å². The Labute approximate surface area is 126 Å². The number of aryl methyl sites for hydroxylation is 1. The Kier molecular flexibility index (Phi) is 4.99. The predicted octanol–water partition coefficient (Wildman–Crippen LogP) is 4.27. The van der Waals surface area contributed by atoms with Gasteiger partial charge < -0.3 is 9.64 Å². The van der Waals surface area contributed by atoms with Crippen molar-refractivity contribution in [3.05, 3.63) is 59.7 Å². The minimum Gasteiger partial charge on any atom is -0.457 e. The maximum absolute atomic E-state index is 12.2. The highest BCUT2D eigenvalue weighted by molar-refractivity contribution is 5.94. The molecule has 0 atom stereocenters. The van der Waals surface area contributed by atoms with Gasteiger partial charge >= 0.3 is 0 Å². The monoisotopic (exact) mass is 283 g/mol. The first-order chi connectivity index (χ1) is 10.2. The van der Waals surface area contributed by atoms with Crippen molar-refractivity contribution in [2.24, 2.45) is 0 Å². The summed E-state index contributed by atoms with van der Waals surface area (Å²) in [5.74, 6) is 1.63. The summed E-state index contributed by atoms with van der Waals surface area (Å²) in [6.07, 6.45) is 0. The van der Waals surface area contributed by atoms with E-state index in [0.717, 1.165) is 30.2 Å². The van der Waals surface area contributed by atoms with E-state index in [4.69, 9.17) is 4.74 Å². The van der Waals surface area contributed by atoms with Crippen molar-refractivity contribution in [3.8, 4) is 11.5 Å². The molecule has 0 fully saturated rings. The number of nitrogens with zero attached hydrogens (tertiary/aromatic N) is 1.